The van der Waals surface area contributed by atoms with Gasteiger partial charge in [0.2, 0.25) is 0 Å². The van der Waals surface area contributed by atoms with Gasteiger partial charge in [-0.2, -0.15) is 4.31 Å². The topological polar surface area (TPSA) is 134 Å². The molecule has 0 amide bonds. The van der Waals surface area contributed by atoms with Crippen molar-refractivity contribution >= 4 is 15.6 Å². The molecule has 0 aromatic heterocycles. The van der Waals surface area contributed by atoms with Gasteiger partial charge >= 0.3 is 15.6 Å². The van der Waals surface area contributed by atoms with E-state index in [2.05, 4.69) is 8.99 Å². The Bertz CT molecular complexity index is 190. The first-order valence-electron chi connectivity index (χ1n) is 1.70. The van der Waals surface area contributed by atoms with E-state index in [1.807, 2.05) is 0 Å². The Morgan fingerprint density at radius 3 is 1.55 bits per heavy atom. The van der Waals surface area contributed by atoms with Crippen molar-refractivity contribution in [2.24, 2.45) is 0 Å². The van der Waals surface area contributed by atoms with Gasteiger partial charge in [0.05, 0.1) is 0 Å². The Hall–Kier alpha value is 0.220. The second-order valence-corrected chi connectivity index (χ2v) is 3.86. The third kappa shape index (κ3) is 8.12. The molecule has 0 heterocycles. The molecule has 8 nitrogen and oxygen atoms in total. The van der Waals surface area contributed by atoms with Crippen molar-refractivity contribution in [3.8, 4) is 0 Å². The molecule has 0 rings (SSSR count). The molecule has 70 valence electrons. The van der Waals surface area contributed by atoms with E-state index in [1.54, 1.807) is 0 Å². The standard InChI is InChI=1S/CH4.H4O8P2/c;1-7-10(5,6)8-9(2,3)4/h1H4;1H,(H,5,6)(H2,2,3,4). The van der Waals surface area contributed by atoms with Crippen molar-refractivity contribution in [2.45, 2.75) is 7.43 Å². The maximum atomic E-state index is 9.97. The van der Waals surface area contributed by atoms with Crippen LogP contribution in [0.5, 0.6) is 0 Å². The molecule has 0 aromatic carbocycles. The largest absolute Gasteiger partial charge is 0.508 e. The van der Waals surface area contributed by atoms with Gasteiger partial charge in [-0.25, -0.2) is 14.4 Å². The van der Waals surface area contributed by atoms with Gasteiger partial charge in [-0.1, -0.05) is 7.43 Å². The van der Waals surface area contributed by atoms with Crippen molar-refractivity contribution in [2.75, 3.05) is 0 Å². The first-order chi connectivity index (χ1) is 4.27. The minimum atomic E-state index is -5.10. The van der Waals surface area contributed by atoms with E-state index in [1.165, 1.54) is 0 Å². The molecule has 0 bridgehead atoms. The van der Waals surface area contributed by atoms with E-state index in [0.717, 1.165) is 0 Å². The minimum Gasteiger partial charge on any atom is -0.302 e. The fourth-order valence-electron chi connectivity index (χ4n) is 0.149. The highest BCUT2D eigenvalue weighted by atomic mass is 31.3. The monoisotopic (exact) mass is 210 g/mol. The number of phosphoric acid groups is 2. The summed E-state index contributed by atoms with van der Waals surface area (Å²) in [5, 5.41) is 7.48. The summed E-state index contributed by atoms with van der Waals surface area (Å²) in [5.74, 6) is 0. The van der Waals surface area contributed by atoms with E-state index >= 15 is 0 Å². The molecular weight excluding hydrogens is 202 g/mol. The molecule has 0 aliphatic heterocycles. The van der Waals surface area contributed by atoms with Crippen LogP contribution in [0, 0.1) is 0 Å². The van der Waals surface area contributed by atoms with Crippen molar-refractivity contribution in [1.82, 2.24) is 0 Å². The van der Waals surface area contributed by atoms with Crippen LogP contribution in [0.25, 0.3) is 0 Å². The van der Waals surface area contributed by atoms with Crippen molar-refractivity contribution in [1.29, 1.82) is 0 Å². The first-order valence-corrected chi connectivity index (χ1v) is 4.72. The van der Waals surface area contributed by atoms with Crippen LogP contribution in [-0.4, -0.2) is 19.9 Å². The summed E-state index contributed by atoms with van der Waals surface area (Å²) in [7, 11) is -10.1. The van der Waals surface area contributed by atoms with Gasteiger partial charge in [0.1, 0.15) is 0 Å². The second kappa shape index (κ2) is 4.30. The van der Waals surface area contributed by atoms with E-state index in [0.29, 0.717) is 0 Å². The quantitative estimate of drug-likeness (QED) is 0.297. The van der Waals surface area contributed by atoms with E-state index in [9.17, 15) is 9.13 Å². The molecule has 0 radical (unpaired) electrons. The minimum absolute atomic E-state index is 0. The zero-order valence-corrected chi connectivity index (χ0v) is 6.11. The maximum absolute atomic E-state index is 9.97. The van der Waals surface area contributed by atoms with Crippen molar-refractivity contribution in [3.05, 3.63) is 0 Å². The molecule has 1 unspecified atom stereocenters. The predicted octanol–water partition coefficient (Wildman–Crippen LogP) is 0.322. The molecule has 10 heteroatoms. The Balaban J connectivity index is 0. The molecule has 4 N–H and O–H groups in total. The Labute approximate surface area is 62.2 Å². The van der Waals surface area contributed by atoms with Crippen LogP contribution in [0.3, 0.4) is 0 Å². The van der Waals surface area contributed by atoms with Gasteiger partial charge in [0.15, 0.2) is 0 Å². The predicted molar refractivity (Wildman–Crippen MR) is 33.4 cm³/mol. The zero-order chi connectivity index (χ0) is 8.41. The summed E-state index contributed by atoms with van der Waals surface area (Å²) in [6.07, 6.45) is 0. The normalized spacial score (nSPS) is 16.7. The summed E-state index contributed by atoms with van der Waals surface area (Å²) in [5.41, 5.74) is 0. The van der Waals surface area contributed by atoms with Gasteiger partial charge < -0.3 is 14.7 Å². The lowest BCUT2D eigenvalue weighted by atomic mass is 12.0. The van der Waals surface area contributed by atoms with E-state index < -0.39 is 15.6 Å². The Kier molecular flexibility index (Phi) is 5.38. The van der Waals surface area contributed by atoms with Crippen molar-refractivity contribution < 1.29 is 38.1 Å². The van der Waals surface area contributed by atoms with Gasteiger partial charge in [0.25, 0.3) is 0 Å². The number of rotatable bonds is 3. The van der Waals surface area contributed by atoms with Crippen LogP contribution in [-0.2, 0) is 18.1 Å². The number of hydrogen-bond acceptors (Lipinski definition) is 5. The molecule has 0 fully saturated rings. The molecule has 1 atom stereocenters. The fraction of sp³-hybridized carbons (Fsp3) is 1.00. The molecule has 0 saturated carbocycles. The third-order valence-electron chi connectivity index (χ3n) is 0.313. The first kappa shape index (κ1) is 13.8. The highest BCUT2D eigenvalue weighted by molar-refractivity contribution is 7.60. The molecule has 0 saturated heterocycles. The van der Waals surface area contributed by atoms with E-state index in [-0.39, 0.29) is 7.43 Å². The van der Waals surface area contributed by atoms with Crippen LogP contribution < -0.4 is 0 Å². The summed E-state index contributed by atoms with van der Waals surface area (Å²) >= 11 is 0. The van der Waals surface area contributed by atoms with Crippen LogP contribution in [0.2, 0.25) is 0 Å². The SMILES string of the molecule is C.O=P(O)(O)OP(=O)(O)OO. The summed E-state index contributed by atoms with van der Waals surface area (Å²) < 4.78 is 25.5. The van der Waals surface area contributed by atoms with Gasteiger partial charge in [-0.15, -0.1) is 4.67 Å². The highest BCUT2D eigenvalue weighted by Crippen LogP contribution is 2.56. The summed E-state index contributed by atoms with van der Waals surface area (Å²) in [6, 6.07) is 0. The summed E-state index contributed by atoms with van der Waals surface area (Å²) in [6.45, 7) is 0. The Morgan fingerprint density at radius 1 is 1.09 bits per heavy atom. The van der Waals surface area contributed by atoms with Crippen LogP contribution in [0.4, 0.5) is 0 Å². The summed E-state index contributed by atoms with van der Waals surface area (Å²) in [4.78, 5) is 23.7. The molecule has 0 aliphatic carbocycles. The third-order valence-corrected chi connectivity index (χ3v) is 2.20. The lowest BCUT2D eigenvalue weighted by Crippen LogP contribution is -1.89. The molecular formula is CH8O8P2. The van der Waals surface area contributed by atoms with E-state index in [4.69, 9.17) is 19.9 Å². The lowest BCUT2D eigenvalue weighted by Gasteiger charge is -2.06. The molecule has 0 spiro atoms. The average Bonchev–Trinajstić information content (AvgIpc) is 1.60. The van der Waals surface area contributed by atoms with Crippen LogP contribution in [0.15, 0.2) is 0 Å². The molecule has 11 heavy (non-hydrogen) atoms. The average molecular weight is 210 g/mol. The van der Waals surface area contributed by atoms with Crippen LogP contribution >= 0.6 is 15.6 Å². The van der Waals surface area contributed by atoms with Gasteiger partial charge in [-0.05, 0) is 0 Å². The Morgan fingerprint density at radius 2 is 1.45 bits per heavy atom. The smallest absolute Gasteiger partial charge is 0.302 e. The zero-order valence-electron chi connectivity index (χ0n) is 4.32. The van der Waals surface area contributed by atoms with Crippen molar-refractivity contribution in [3.63, 3.8) is 0 Å². The molecule has 0 aromatic rings. The van der Waals surface area contributed by atoms with Gasteiger partial charge in [-0.3, -0.25) is 0 Å². The second-order valence-electron chi connectivity index (χ2n) is 1.12. The van der Waals surface area contributed by atoms with Crippen LogP contribution in [0.1, 0.15) is 7.43 Å². The fourth-order valence-corrected chi connectivity index (χ4v) is 1.34. The van der Waals surface area contributed by atoms with Gasteiger partial charge in [0, 0.05) is 0 Å². The maximum Gasteiger partial charge on any atom is 0.508 e. The number of hydrogen-bond donors (Lipinski definition) is 4. The lowest BCUT2D eigenvalue weighted by molar-refractivity contribution is -0.157. The highest BCUT2D eigenvalue weighted by Gasteiger charge is 2.32. The molecule has 0 aliphatic rings.